The van der Waals surface area contributed by atoms with Gasteiger partial charge in [0.05, 0.1) is 25.4 Å². The van der Waals surface area contributed by atoms with Crippen LogP contribution in [-0.2, 0) is 11.3 Å². The highest BCUT2D eigenvalue weighted by atomic mass is 32.1. The maximum atomic E-state index is 13.4. The number of aryl methyl sites for hydroxylation is 1. The molecule has 0 radical (unpaired) electrons. The van der Waals surface area contributed by atoms with Gasteiger partial charge < -0.3 is 8.83 Å². The Morgan fingerprint density at radius 3 is 2.73 bits per heavy atom. The lowest BCUT2D eigenvalue weighted by molar-refractivity contribution is -0.135. The van der Waals surface area contributed by atoms with Crippen molar-refractivity contribution in [3.8, 4) is 0 Å². The van der Waals surface area contributed by atoms with Crippen LogP contribution in [0, 0.1) is 6.92 Å². The van der Waals surface area contributed by atoms with Crippen LogP contribution in [0.3, 0.4) is 0 Å². The van der Waals surface area contributed by atoms with Gasteiger partial charge >= 0.3 is 0 Å². The van der Waals surface area contributed by atoms with Crippen molar-refractivity contribution >= 4 is 23.0 Å². The van der Waals surface area contributed by atoms with Gasteiger partial charge in [0.2, 0.25) is 11.8 Å². The van der Waals surface area contributed by atoms with E-state index in [4.69, 9.17) is 8.83 Å². The summed E-state index contributed by atoms with van der Waals surface area (Å²) in [7, 11) is 0. The Morgan fingerprint density at radius 1 is 1.30 bits per heavy atom. The third kappa shape index (κ3) is 4.36. The number of hydrogen-bond acceptors (Lipinski definition) is 8. The third-order valence-corrected chi connectivity index (χ3v) is 5.99. The number of carbonyl (C=O) groups excluding carboxylic acids is 1. The zero-order valence-corrected chi connectivity index (χ0v) is 18.3. The minimum absolute atomic E-state index is 0.0823. The van der Waals surface area contributed by atoms with Gasteiger partial charge in [-0.05, 0) is 44.4 Å². The second kappa shape index (κ2) is 8.16. The van der Waals surface area contributed by atoms with Crippen LogP contribution in [0.2, 0.25) is 0 Å². The summed E-state index contributed by atoms with van der Waals surface area (Å²) in [6, 6.07) is 7.60. The van der Waals surface area contributed by atoms with E-state index >= 15 is 0 Å². The highest BCUT2D eigenvalue weighted by Gasteiger charge is 2.36. The molecule has 0 saturated heterocycles. The minimum atomic E-state index is -0.274. The summed E-state index contributed by atoms with van der Waals surface area (Å²) < 4.78 is 11.1. The summed E-state index contributed by atoms with van der Waals surface area (Å²) in [4.78, 5) is 16.5. The van der Waals surface area contributed by atoms with Crippen LogP contribution in [0.1, 0.15) is 55.7 Å². The third-order valence-electron chi connectivity index (χ3n) is 5.01. The lowest BCUT2D eigenvalue weighted by atomic mass is 10.1. The first-order valence-electron chi connectivity index (χ1n) is 9.82. The van der Waals surface area contributed by atoms with E-state index in [-0.39, 0.29) is 24.0 Å². The van der Waals surface area contributed by atoms with Gasteiger partial charge in [0, 0.05) is 23.8 Å². The van der Waals surface area contributed by atoms with E-state index in [2.05, 4.69) is 36.1 Å². The van der Waals surface area contributed by atoms with Crippen molar-refractivity contribution in [2.45, 2.75) is 52.2 Å². The SMILES string of the molecule is Cc1nnc(CN(CC(=O)N2N=C(c3ccco3)CC2c2cccs2)C(C)(C)C)o1. The Morgan fingerprint density at radius 2 is 2.13 bits per heavy atom. The second-order valence-electron chi connectivity index (χ2n) is 8.24. The molecule has 1 aliphatic rings. The molecule has 0 N–H and O–H groups in total. The van der Waals surface area contributed by atoms with Crippen molar-refractivity contribution in [1.82, 2.24) is 20.1 Å². The fraction of sp³-hybridized carbons (Fsp3) is 0.429. The Kier molecular flexibility index (Phi) is 5.57. The van der Waals surface area contributed by atoms with Crippen LogP contribution in [0.15, 0.2) is 49.8 Å². The number of nitrogens with zero attached hydrogens (tertiary/aromatic N) is 5. The first-order valence-corrected chi connectivity index (χ1v) is 10.7. The maximum Gasteiger partial charge on any atom is 0.257 e. The molecule has 3 aromatic heterocycles. The monoisotopic (exact) mass is 427 g/mol. The Hall–Kier alpha value is -2.78. The summed E-state index contributed by atoms with van der Waals surface area (Å²) in [5.41, 5.74) is 0.505. The molecule has 4 heterocycles. The lowest BCUT2D eigenvalue weighted by Crippen LogP contribution is -2.47. The van der Waals surface area contributed by atoms with Crippen LogP contribution >= 0.6 is 11.3 Å². The van der Waals surface area contributed by atoms with Gasteiger partial charge in [0.15, 0.2) is 0 Å². The Labute approximate surface area is 179 Å². The van der Waals surface area contributed by atoms with Crippen LogP contribution in [0.4, 0.5) is 0 Å². The number of hydrogen-bond donors (Lipinski definition) is 0. The zero-order valence-electron chi connectivity index (χ0n) is 17.5. The smallest absolute Gasteiger partial charge is 0.257 e. The molecule has 1 amide bonds. The summed E-state index contributed by atoms with van der Waals surface area (Å²) in [6.07, 6.45) is 2.24. The standard InChI is InChI=1S/C21H25N5O3S/c1-14-22-23-19(29-14)12-25(21(2,3)4)13-20(27)26-16(18-8-6-10-30-18)11-15(24-26)17-7-5-9-28-17/h5-10,16H,11-13H2,1-4H3. The maximum absolute atomic E-state index is 13.4. The number of amides is 1. The number of hydrazone groups is 1. The predicted molar refractivity (Wildman–Crippen MR) is 113 cm³/mol. The molecule has 0 spiro atoms. The number of aromatic nitrogens is 2. The van der Waals surface area contributed by atoms with E-state index in [1.807, 2.05) is 34.5 Å². The van der Waals surface area contributed by atoms with Crippen molar-refractivity contribution in [2.24, 2.45) is 5.10 Å². The van der Waals surface area contributed by atoms with E-state index in [1.54, 1.807) is 29.5 Å². The van der Waals surface area contributed by atoms with Gasteiger partial charge in [-0.1, -0.05) is 6.07 Å². The normalized spacial score (nSPS) is 17.0. The van der Waals surface area contributed by atoms with Crippen LogP contribution in [-0.4, -0.2) is 43.8 Å². The summed E-state index contributed by atoms with van der Waals surface area (Å²) in [5.74, 6) is 1.61. The molecule has 0 saturated carbocycles. The van der Waals surface area contributed by atoms with Crippen LogP contribution in [0.5, 0.6) is 0 Å². The van der Waals surface area contributed by atoms with E-state index in [1.165, 1.54) is 0 Å². The van der Waals surface area contributed by atoms with Crippen molar-refractivity contribution in [3.63, 3.8) is 0 Å². The second-order valence-corrected chi connectivity index (χ2v) is 9.22. The van der Waals surface area contributed by atoms with Crippen molar-refractivity contribution in [2.75, 3.05) is 6.54 Å². The molecular formula is C21H25N5O3S. The van der Waals surface area contributed by atoms with Crippen molar-refractivity contribution in [1.29, 1.82) is 0 Å². The van der Waals surface area contributed by atoms with Gasteiger partial charge in [-0.15, -0.1) is 21.5 Å². The quantitative estimate of drug-likeness (QED) is 0.591. The van der Waals surface area contributed by atoms with Crippen molar-refractivity contribution in [3.05, 3.63) is 58.3 Å². The van der Waals surface area contributed by atoms with Gasteiger partial charge in [-0.2, -0.15) is 5.10 Å². The first kappa shape index (κ1) is 20.5. The molecule has 158 valence electrons. The van der Waals surface area contributed by atoms with Gasteiger partial charge in [-0.25, -0.2) is 5.01 Å². The summed E-state index contributed by atoms with van der Waals surface area (Å²) in [5, 5.41) is 16.2. The molecule has 9 heteroatoms. The summed E-state index contributed by atoms with van der Waals surface area (Å²) in [6.45, 7) is 8.50. The van der Waals surface area contributed by atoms with E-state index in [0.717, 1.165) is 10.6 Å². The number of furan rings is 1. The molecule has 0 aliphatic carbocycles. The van der Waals surface area contributed by atoms with Crippen molar-refractivity contribution < 1.29 is 13.6 Å². The largest absolute Gasteiger partial charge is 0.463 e. The highest BCUT2D eigenvalue weighted by molar-refractivity contribution is 7.10. The number of carbonyl (C=O) groups is 1. The Bertz CT molecular complexity index is 1020. The highest BCUT2D eigenvalue weighted by Crippen LogP contribution is 2.35. The lowest BCUT2D eigenvalue weighted by Gasteiger charge is -2.35. The molecule has 4 rings (SSSR count). The predicted octanol–water partition coefficient (Wildman–Crippen LogP) is 4.01. The van der Waals surface area contributed by atoms with E-state index in [9.17, 15) is 4.79 Å². The fourth-order valence-corrected chi connectivity index (χ4v) is 4.18. The van der Waals surface area contributed by atoms with Crippen LogP contribution in [0.25, 0.3) is 0 Å². The summed E-state index contributed by atoms with van der Waals surface area (Å²) >= 11 is 1.63. The van der Waals surface area contributed by atoms with E-state index < -0.39 is 0 Å². The molecule has 0 bridgehead atoms. The van der Waals surface area contributed by atoms with Gasteiger partial charge in [0.25, 0.3) is 5.91 Å². The molecule has 1 aliphatic heterocycles. The molecule has 30 heavy (non-hydrogen) atoms. The molecule has 3 aromatic rings. The van der Waals surface area contributed by atoms with E-state index in [0.29, 0.717) is 30.5 Å². The molecule has 0 aromatic carbocycles. The first-order chi connectivity index (χ1) is 14.3. The zero-order chi connectivity index (χ0) is 21.3. The molecule has 1 unspecified atom stereocenters. The van der Waals surface area contributed by atoms with Gasteiger partial charge in [0.1, 0.15) is 11.5 Å². The Balaban J connectivity index is 1.57. The topological polar surface area (TPSA) is 88.0 Å². The molecular weight excluding hydrogens is 402 g/mol. The number of rotatable bonds is 6. The van der Waals surface area contributed by atoms with Crippen LogP contribution < -0.4 is 0 Å². The molecule has 0 fully saturated rings. The molecule has 1 atom stereocenters. The fourth-order valence-electron chi connectivity index (χ4n) is 3.37. The minimum Gasteiger partial charge on any atom is -0.463 e. The average Bonchev–Trinajstić information content (AvgIpc) is 3.45. The molecule has 8 nitrogen and oxygen atoms in total. The number of thiophene rings is 1. The van der Waals surface area contributed by atoms with Gasteiger partial charge in [-0.3, -0.25) is 9.69 Å². The average molecular weight is 428 g/mol.